The predicted octanol–water partition coefficient (Wildman–Crippen LogP) is 4.53. The summed E-state index contributed by atoms with van der Waals surface area (Å²) < 4.78 is 5.47. The quantitative estimate of drug-likeness (QED) is 0.700. The van der Waals surface area contributed by atoms with Gasteiger partial charge in [-0.05, 0) is 52.9 Å². The summed E-state index contributed by atoms with van der Waals surface area (Å²) in [6, 6.07) is 11.8. The zero-order valence-corrected chi connectivity index (χ0v) is 17.3. The Balaban J connectivity index is 1.65. The third kappa shape index (κ3) is 2.65. The van der Waals surface area contributed by atoms with E-state index in [0.717, 1.165) is 46.6 Å². The lowest BCUT2D eigenvalue weighted by atomic mass is 9.68. The summed E-state index contributed by atoms with van der Waals surface area (Å²) in [5.41, 5.74) is 6.96. The van der Waals surface area contributed by atoms with Crippen LogP contribution < -0.4 is 4.90 Å². The number of Topliss-reactive ketones (excluding diaryl/α,β-unsaturated/α-hetero) is 1. The highest BCUT2D eigenvalue weighted by atomic mass is 35.5. The van der Waals surface area contributed by atoms with Crippen molar-refractivity contribution in [3.8, 4) is 6.07 Å². The van der Waals surface area contributed by atoms with E-state index in [1.54, 1.807) is 6.07 Å². The Morgan fingerprint density at radius 1 is 1.14 bits per heavy atom. The average molecular weight is 405 g/mol. The summed E-state index contributed by atoms with van der Waals surface area (Å²) in [6.45, 7) is 7.32. The molecule has 1 aliphatic heterocycles. The van der Waals surface area contributed by atoms with Crippen LogP contribution in [0.3, 0.4) is 0 Å². The van der Waals surface area contributed by atoms with Crippen LogP contribution in [0.1, 0.15) is 46.5 Å². The van der Waals surface area contributed by atoms with Crippen molar-refractivity contribution in [3.63, 3.8) is 0 Å². The zero-order chi connectivity index (χ0) is 20.3. The van der Waals surface area contributed by atoms with Crippen molar-refractivity contribution in [1.29, 1.82) is 5.26 Å². The number of hydrogen-bond acceptors (Lipinski definition) is 4. The van der Waals surface area contributed by atoms with Crippen molar-refractivity contribution in [2.24, 2.45) is 0 Å². The van der Waals surface area contributed by atoms with Crippen molar-refractivity contribution >= 4 is 28.6 Å². The van der Waals surface area contributed by atoms with E-state index in [0.29, 0.717) is 35.8 Å². The third-order valence-corrected chi connectivity index (χ3v) is 6.81. The molecule has 4 nitrogen and oxygen atoms in total. The van der Waals surface area contributed by atoms with Crippen molar-refractivity contribution < 1.29 is 9.53 Å². The molecule has 1 heterocycles. The lowest BCUT2D eigenvalue weighted by Crippen LogP contribution is -2.37. The maximum Gasteiger partial charge on any atom is 0.194 e. The molecule has 0 N–H and O–H groups in total. The molecule has 3 aliphatic rings. The van der Waals surface area contributed by atoms with Gasteiger partial charge in [0, 0.05) is 29.6 Å². The molecule has 0 amide bonds. The fourth-order valence-corrected chi connectivity index (χ4v) is 5.18. The second-order valence-corrected chi connectivity index (χ2v) is 8.82. The second kappa shape index (κ2) is 6.45. The van der Waals surface area contributed by atoms with E-state index >= 15 is 0 Å². The van der Waals surface area contributed by atoms with Gasteiger partial charge < -0.3 is 9.64 Å². The highest BCUT2D eigenvalue weighted by Crippen LogP contribution is 2.51. The van der Waals surface area contributed by atoms with Crippen LogP contribution in [0, 0.1) is 11.3 Å². The van der Waals surface area contributed by atoms with Crippen molar-refractivity contribution in [3.05, 3.63) is 68.7 Å². The molecule has 0 atom stereocenters. The van der Waals surface area contributed by atoms with Crippen LogP contribution in [0.15, 0.2) is 35.9 Å². The Morgan fingerprint density at radius 3 is 2.62 bits per heavy atom. The van der Waals surface area contributed by atoms with Gasteiger partial charge in [0.1, 0.15) is 0 Å². The van der Waals surface area contributed by atoms with Gasteiger partial charge in [-0.2, -0.15) is 5.26 Å². The van der Waals surface area contributed by atoms with E-state index in [1.165, 1.54) is 0 Å². The molecule has 1 saturated heterocycles. The number of nitriles is 1. The molecule has 0 bridgehead atoms. The van der Waals surface area contributed by atoms with Gasteiger partial charge in [-0.3, -0.25) is 4.79 Å². The summed E-state index contributed by atoms with van der Waals surface area (Å²) in [5, 5.41) is 9.86. The number of hydrogen-bond donors (Lipinski definition) is 0. The highest BCUT2D eigenvalue weighted by molar-refractivity contribution is 6.36. The molecule has 0 spiro atoms. The largest absolute Gasteiger partial charge is 0.378 e. The minimum Gasteiger partial charge on any atom is -0.378 e. The summed E-state index contributed by atoms with van der Waals surface area (Å²) in [4.78, 5) is 15.8. The first-order valence-electron chi connectivity index (χ1n) is 9.90. The number of halogens is 1. The van der Waals surface area contributed by atoms with Crippen LogP contribution in [0.2, 0.25) is 5.02 Å². The fourth-order valence-electron chi connectivity index (χ4n) is 4.90. The molecule has 146 valence electrons. The number of ketones is 1. The average Bonchev–Trinajstić information content (AvgIpc) is 3.12. The first-order valence-corrected chi connectivity index (χ1v) is 10.3. The van der Waals surface area contributed by atoms with Gasteiger partial charge in [0.05, 0.1) is 35.6 Å². The van der Waals surface area contributed by atoms with Crippen LogP contribution in [0.4, 0.5) is 5.69 Å². The number of nitrogens with zero attached hydrogens (tertiary/aromatic N) is 2. The van der Waals surface area contributed by atoms with E-state index in [9.17, 15) is 10.1 Å². The first-order chi connectivity index (χ1) is 13.9. The predicted molar refractivity (Wildman–Crippen MR) is 114 cm³/mol. The number of fused-ring (bicyclic) bond motifs is 3. The number of carbonyl (C=O) groups excluding carboxylic acids is 1. The van der Waals surface area contributed by atoms with E-state index < -0.39 is 0 Å². The summed E-state index contributed by atoms with van der Waals surface area (Å²) in [7, 11) is 0. The van der Waals surface area contributed by atoms with Crippen LogP contribution in [0.25, 0.3) is 5.57 Å². The first kappa shape index (κ1) is 18.4. The van der Waals surface area contributed by atoms with E-state index in [4.69, 9.17) is 16.3 Å². The zero-order valence-electron chi connectivity index (χ0n) is 16.5. The number of allylic oxidation sites excluding steroid dienone is 2. The van der Waals surface area contributed by atoms with Gasteiger partial charge in [-0.15, -0.1) is 0 Å². The van der Waals surface area contributed by atoms with Gasteiger partial charge in [0.2, 0.25) is 0 Å². The van der Waals surface area contributed by atoms with E-state index in [1.807, 2.05) is 18.2 Å². The topological polar surface area (TPSA) is 53.3 Å². The van der Waals surface area contributed by atoms with Gasteiger partial charge >= 0.3 is 0 Å². The normalized spacial score (nSPS) is 19.5. The SMILES string of the molecule is CC1(C)C2=C(C(=O)c3cc(Cl)c(N4CCOCC4)cc31)c1ccc(C#N)cc1C2. The number of carbonyl (C=O) groups is 1. The highest BCUT2D eigenvalue weighted by Gasteiger charge is 2.43. The molecule has 5 rings (SSSR count). The van der Waals surface area contributed by atoms with Crippen LogP contribution in [-0.4, -0.2) is 32.1 Å². The van der Waals surface area contributed by atoms with E-state index in [-0.39, 0.29) is 11.2 Å². The Bertz CT molecular complexity index is 1130. The smallest absolute Gasteiger partial charge is 0.194 e. The maximum atomic E-state index is 13.5. The van der Waals surface area contributed by atoms with Gasteiger partial charge in [-0.25, -0.2) is 0 Å². The molecule has 0 aromatic heterocycles. The minimum atomic E-state index is -0.296. The molecule has 0 unspecified atom stereocenters. The molecular weight excluding hydrogens is 384 g/mol. The summed E-state index contributed by atoms with van der Waals surface area (Å²) in [5.74, 6) is 0.0354. The molecular formula is C24H21ClN2O2. The lowest BCUT2D eigenvalue weighted by Gasteiger charge is -2.37. The summed E-state index contributed by atoms with van der Waals surface area (Å²) >= 11 is 6.65. The van der Waals surface area contributed by atoms with Crippen molar-refractivity contribution in [2.45, 2.75) is 25.7 Å². The van der Waals surface area contributed by atoms with Crippen molar-refractivity contribution in [2.75, 3.05) is 31.2 Å². The lowest BCUT2D eigenvalue weighted by molar-refractivity contribution is 0.105. The molecule has 29 heavy (non-hydrogen) atoms. The van der Waals surface area contributed by atoms with Crippen LogP contribution >= 0.6 is 11.6 Å². The van der Waals surface area contributed by atoms with Gasteiger partial charge in [0.15, 0.2) is 5.78 Å². The molecule has 2 aromatic carbocycles. The fraction of sp³-hybridized carbons (Fsp3) is 0.333. The maximum absolute atomic E-state index is 13.5. The van der Waals surface area contributed by atoms with Gasteiger partial charge in [-0.1, -0.05) is 31.5 Å². The molecule has 2 aromatic rings. The van der Waals surface area contributed by atoms with Gasteiger partial charge in [0.25, 0.3) is 0 Å². The Kier molecular flexibility index (Phi) is 4.10. The van der Waals surface area contributed by atoms with E-state index in [2.05, 4.69) is 30.9 Å². The number of ether oxygens (including phenoxy) is 1. The molecule has 0 saturated carbocycles. The Morgan fingerprint density at radius 2 is 1.90 bits per heavy atom. The Labute approximate surface area is 175 Å². The third-order valence-electron chi connectivity index (χ3n) is 6.51. The minimum absolute atomic E-state index is 0.0354. The summed E-state index contributed by atoms with van der Waals surface area (Å²) in [6.07, 6.45) is 0.702. The van der Waals surface area contributed by atoms with Crippen LogP contribution in [0.5, 0.6) is 0 Å². The number of rotatable bonds is 1. The number of benzene rings is 2. The van der Waals surface area contributed by atoms with Crippen LogP contribution in [-0.2, 0) is 16.6 Å². The van der Waals surface area contributed by atoms with Crippen molar-refractivity contribution in [1.82, 2.24) is 0 Å². The Hall–Kier alpha value is -2.61. The molecule has 5 heteroatoms. The number of morpholine rings is 1. The molecule has 2 aliphatic carbocycles. The number of anilines is 1. The standard InChI is InChI=1S/C24H21ClN2O2/c1-24(2)18-12-21(27-5-7-29-8-6-27)20(25)11-17(18)23(28)22-16-4-3-14(13-26)9-15(16)10-19(22)24/h3-4,9,11-12H,5-8,10H2,1-2H3. The molecule has 0 radical (unpaired) electrons. The second-order valence-electron chi connectivity index (χ2n) is 8.42. The molecule has 1 fully saturated rings. The monoisotopic (exact) mass is 404 g/mol.